The van der Waals surface area contributed by atoms with Gasteiger partial charge in [0, 0.05) is 5.02 Å². The van der Waals surface area contributed by atoms with Gasteiger partial charge in [-0.3, -0.25) is 4.79 Å². The van der Waals surface area contributed by atoms with E-state index >= 15 is 0 Å². The van der Waals surface area contributed by atoms with Crippen LogP contribution in [0.25, 0.3) is 0 Å². The van der Waals surface area contributed by atoms with E-state index in [1.54, 1.807) is 13.0 Å². The predicted molar refractivity (Wildman–Crippen MR) is 61.2 cm³/mol. The van der Waals surface area contributed by atoms with Crippen LogP contribution in [0.1, 0.15) is 25.8 Å². The van der Waals surface area contributed by atoms with Crippen LogP contribution in [0.3, 0.4) is 0 Å². The Kier molecular flexibility index (Phi) is 3.75. The molecule has 0 heterocycles. The molecule has 0 aliphatic carbocycles. The fourth-order valence-corrected chi connectivity index (χ4v) is 1.66. The molecular weight excluding hydrogens is 212 g/mol. The van der Waals surface area contributed by atoms with Crippen LogP contribution in [0.15, 0.2) is 24.3 Å². The lowest BCUT2D eigenvalue weighted by Gasteiger charge is -2.22. The van der Waals surface area contributed by atoms with Crippen molar-refractivity contribution in [2.24, 2.45) is 5.41 Å². The number of halogens is 1. The molecule has 0 bridgehead atoms. The Morgan fingerprint density at radius 3 is 2.67 bits per heavy atom. The summed E-state index contributed by atoms with van der Waals surface area (Å²) in [4.78, 5) is 11.1. The number of hydrogen-bond acceptors (Lipinski definition) is 1. The van der Waals surface area contributed by atoms with Gasteiger partial charge < -0.3 is 5.11 Å². The van der Waals surface area contributed by atoms with Crippen molar-refractivity contribution >= 4 is 17.6 Å². The Labute approximate surface area is 94.9 Å². The van der Waals surface area contributed by atoms with E-state index in [1.165, 1.54) is 0 Å². The molecule has 0 saturated carbocycles. The van der Waals surface area contributed by atoms with Gasteiger partial charge in [-0.05, 0) is 37.5 Å². The highest BCUT2D eigenvalue weighted by Crippen LogP contribution is 2.27. The van der Waals surface area contributed by atoms with Crippen molar-refractivity contribution in [1.82, 2.24) is 0 Å². The summed E-state index contributed by atoms with van der Waals surface area (Å²) in [5.41, 5.74) is 0.263. The first-order valence-electron chi connectivity index (χ1n) is 4.96. The van der Waals surface area contributed by atoms with Crippen LogP contribution in [0.4, 0.5) is 0 Å². The minimum absolute atomic E-state index is 0.513. The molecule has 1 unspecified atom stereocenters. The van der Waals surface area contributed by atoms with E-state index in [9.17, 15) is 4.79 Å². The molecule has 0 aliphatic rings. The molecule has 1 N–H and O–H groups in total. The average molecular weight is 227 g/mol. The van der Waals surface area contributed by atoms with Gasteiger partial charge in [0.2, 0.25) is 0 Å². The number of benzene rings is 1. The molecule has 0 fully saturated rings. The third-order valence-corrected chi connectivity index (χ3v) is 3.02. The zero-order valence-corrected chi connectivity index (χ0v) is 9.71. The van der Waals surface area contributed by atoms with E-state index in [0.29, 0.717) is 17.9 Å². The number of carbonyl (C=O) groups is 1. The topological polar surface area (TPSA) is 37.3 Å². The minimum Gasteiger partial charge on any atom is -0.481 e. The van der Waals surface area contributed by atoms with E-state index in [0.717, 1.165) is 5.56 Å². The summed E-state index contributed by atoms with van der Waals surface area (Å²) in [5, 5.41) is 9.78. The monoisotopic (exact) mass is 226 g/mol. The van der Waals surface area contributed by atoms with Crippen molar-refractivity contribution in [1.29, 1.82) is 0 Å². The number of aliphatic carboxylic acids is 1. The quantitative estimate of drug-likeness (QED) is 0.855. The molecule has 0 saturated heterocycles. The number of carboxylic acid groups (broad SMARTS) is 1. The van der Waals surface area contributed by atoms with Crippen LogP contribution < -0.4 is 0 Å². The first-order chi connectivity index (χ1) is 6.98. The number of carboxylic acids is 1. The van der Waals surface area contributed by atoms with Gasteiger partial charge in [-0.25, -0.2) is 0 Å². The van der Waals surface area contributed by atoms with Crippen LogP contribution >= 0.6 is 11.6 Å². The fraction of sp³-hybridized carbons (Fsp3) is 0.417. The Bertz CT molecular complexity index is 362. The van der Waals surface area contributed by atoms with Gasteiger partial charge in [0.05, 0.1) is 5.41 Å². The summed E-state index contributed by atoms with van der Waals surface area (Å²) in [5.74, 6) is -0.759. The molecule has 2 nitrogen and oxygen atoms in total. The fourth-order valence-electron chi connectivity index (χ4n) is 1.45. The molecule has 0 aromatic heterocycles. The second-order valence-corrected chi connectivity index (χ2v) is 4.46. The third kappa shape index (κ3) is 2.96. The third-order valence-electron chi connectivity index (χ3n) is 2.78. The smallest absolute Gasteiger partial charge is 0.309 e. The van der Waals surface area contributed by atoms with Gasteiger partial charge in [0.15, 0.2) is 0 Å². The first-order valence-corrected chi connectivity index (χ1v) is 5.33. The highest BCUT2D eigenvalue weighted by atomic mass is 35.5. The van der Waals surface area contributed by atoms with Gasteiger partial charge in [-0.15, -0.1) is 0 Å². The molecule has 1 atom stereocenters. The summed E-state index contributed by atoms with van der Waals surface area (Å²) in [7, 11) is 0. The maximum absolute atomic E-state index is 11.1. The number of rotatable bonds is 4. The zero-order chi connectivity index (χ0) is 11.5. The molecule has 1 rings (SSSR count). The SMILES string of the molecule is CCC(C)(Cc1cccc(Cl)c1)C(=O)O. The summed E-state index contributed by atoms with van der Waals surface area (Å²) < 4.78 is 0. The van der Waals surface area contributed by atoms with Crippen LogP contribution in [-0.2, 0) is 11.2 Å². The molecular formula is C12H15ClO2. The lowest BCUT2D eigenvalue weighted by molar-refractivity contribution is -0.148. The Morgan fingerprint density at radius 1 is 1.53 bits per heavy atom. The highest BCUT2D eigenvalue weighted by Gasteiger charge is 2.31. The maximum Gasteiger partial charge on any atom is 0.309 e. The molecule has 15 heavy (non-hydrogen) atoms. The van der Waals surface area contributed by atoms with Crippen molar-refractivity contribution in [3.8, 4) is 0 Å². The summed E-state index contributed by atoms with van der Waals surface area (Å²) in [6, 6.07) is 7.35. The Balaban J connectivity index is 2.89. The van der Waals surface area contributed by atoms with Gasteiger partial charge >= 0.3 is 5.97 Å². The molecule has 1 aromatic rings. The van der Waals surface area contributed by atoms with Gasteiger partial charge in [-0.1, -0.05) is 30.7 Å². The van der Waals surface area contributed by atoms with Crippen LogP contribution in [0.5, 0.6) is 0 Å². The summed E-state index contributed by atoms with van der Waals surface area (Å²) >= 11 is 5.85. The highest BCUT2D eigenvalue weighted by molar-refractivity contribution is 6.30. The molecule has 0 amide bonds. The van der Waals surface area contributed by atoms with Crippen LogP contribution in [0.2, 0.25) is 5.02 Å². The lowest BCUT2D eigenvalue weighted by Crippen LogP contribution is -2.29. The molecule has 1 aromatic carbocycles. The van der Waals surface area contributed by atoms with Gasteiger partial charge in [0.25, 0.3) is 0 Å². The van der Waals surface area contributed by atoms with Crippen LogP contribution in [-0.4, -0.2) is 11.1 Å². The van der Waals surface area contributed by atoms with Crippen molar-refractivity contribution in [3.05, 3.63) is 34.9 Å². The van der Waals surface area contributed by atoms with Crippen molar-refractivity contribution in [2.75, 3.05) is 0 Å². The van der Waals surface area contributed by atoms with E-state index in [2.05, 4.69) is 0 Å². The lowest BCUT2D eigenvalue weighted by atomic mass is 9.81. The minimum atomic E-state index is -0.759. The predicted octanol–water partition coefficient (Wildman–Crippen LogP) is 3.38. The standard InChI is InChI=1S/C12H15ClO2/c1-3-12(2,11(14)15)8-9-5-4-6-10(13)7-9/h4-7H,3,8H2,1-2H3,(H,14,15). The summed E-state index contributed by atoms with van der Waals surface area (Å²) in [6.07, 6.45) is 1.12. The second-order valence-electron chi connectivity index (χ2n) is 4.03. The molecule has 82 valence electrons. The summed E-state index contributed by atoms with van der Waals surface area (Å²) in [6.45, 7) is 3.65. The normalized spacial score (nSPS) is 14.6. The Morgan fingerprint density at radius 2 is 2.20 bits per heavy atom. The van der Waals surface area contributed by atoms with Crippen molar-refractivity contribution in [2.45, 2.75) is 26.7 Å². The zero-order valence-electron chi connectivity index (χ0n) is 8.96. The second kappa shape index (κ2) is 4.67. The van der Waals surface area contributed by atoms with E-state index in [-0.39, 0.29) is 0 Å². The van der Waals surface area contributed by atoms with Crippen LogP contribution in [0, 0.1) is 5.41 Å². The van der Waals surface area contributed by atoms with E-state index in [1.807, 2.05) is 25.1 Å². The van der Waals surface area contributed by atoms with E-state index in [4.69, 9.17) is 16.7 Å². The van der Waals surface area contributed by atoms with E-state index < -0.39 is 11.4 Å². The van der Waals surface area contributed by atoms with Crippen molar-refractivity contribution < 1.29 is 9.90 Å². The molecule has 3 heteroatoms. The average Bonchev–Trinajstić information content (AvgIpc) is 2.17. The molecule has 0 aliphatic heterocycles. The molecule has 0 radical (unpaired) electrons. The van der Waals surface area contributed by atoms with Gasteiger partial charge in [0.1, 0.15) is 0 Å². The van der Waals surface area contributed by atoms with Gasteiger partial charge in [-0.2, -0.15) is 0 Å². The first kappa shape index (κ1) is 12.1. The molecule has 0 spiro atoms. The largest absolute Gasteiger partial charge is 0.481 e. The maximum atomic E-state index is 11.1. The Hall–Kier alpha value is -1.02. The number of hydrogen-bond donors (Lipinski definition) is 1. The van der Waals surface area contributed by atoms with Crippen molar-refractivity contribution in [3.63, 3.8) is 0 Å².